The van der Waals surface area contributed by atoms with Crippen LogP contribution in [0.5, 0.6) is 0 Å². The van der Waals surface area contributed by atoms with Crippen LogP contribution in [0.2, 0.25) is 0 Å². The number of nitrogens with two attached hydrogens (primary N) is 1. The largest absolute Gasteiger partial charge is 0.380 e. The predicted octanol–water partition coefficient (Wildman–Crippen LogP) is 0.479. The van der Waals surface area contributed by atoms with Crippen LogP contribution in [0.15, 0.2) is 0 Å². The summed E-state index contributed by atoms with van der Waals surface area (Å²) in [6, 6.07) is 0. The molecule has 1 heterocycles. The molecule has 0 aromatic heterocycles. The van der Waals surface area contributed by atoms with Gasteiger partial charge in [0, 0.05) is 39.5 Å². The number of nitrogens with zero attached hydrogens (tertiary/aromatic N) is 1. The summed E-state index contributed by atoms with van der Waals surface area (Å²) in [5.41, 5.74) is 6.12. The molecule has 2 N–H and O–H groups in total. The molecule has 0 aromatic carbocycles. The fraction of sp³-hybridized carbons (Fsp3) is 1.00. The van der Waals surface area contributed by atoms with E-state index < -0.39 is 0 Å². The highest BCUT2D eigenvalue weighted by Gasteiger charge is 2.32. The second kappa shape index (κ2) is 8.82. The van der Waals surface area contributed by atoms with E-state index >= 15 is 0 Å². The number of rotatable bonds is 10. The van der Waals surface area contributed by atoms with Gasteiger partial charge >= 0.3 is 0 Å². The van der Waals surface area contributed by atoms with Crippen LogP contribution in [0.3, 0.4) is 0 Å². The van der Waals surface area contributed by atoms with Crippen molar-refractivity contribution in [1.29, 1.82) is 0 Å². The molecule has 1 aliphatic heterocycles. The quantitative estimate of drug-likeness (QED) is 0.579. The second-order valence-electron chi connectivity index (χ2n) is 4.83. The summed E-state index contributed by atoms with van der Waals surface area (Å²) < 4.78 is 16.2. The average molecular weight is 260 g/mol. The molecule has 0 spiro atoms. The van der Waals surface area contributed by atoms with Crippen molar-refractivity contribution in [3.05, 3.63) is 0 Å². The highest BCUT2D eigenvalue weighted by atomic mass is 16.5. The average Bonchev–Trinajstić information content (AvgIpc) is 2.76. The van der Waals surface area contributed by atoms with Crippen molar-refractivity contribution in [2.45, 2.75) is 25.8 Å². The van der Waals surface area contributed by atoms with Crippen molar-refractivity contribution >= 4 is 0 Å². The summed E-state index contributed by atoms with van der Waals surface area (Å²) in [7, 11) is 0. The molecule has 0 bridgehead atoms. The van der Waals surface area contributed by atoms with Crippen LogP contribution in [-0.4, -0.2) is 69.7 Å². The molecule has 0 radical (unpaired) electrons. The van der Waals surface area contributed by atoms with Gasteiger partial charge in [-0.15, -0.1) is 0 Å². The Labute approximate surface area is 111 Å². The molecular formula is C13H28N2O3. The zero-order valence-electron chi connectivity index (χ0n) is 11.8. The molecule has 1 unspecified atom stereocenters. The molecule has 0 saturated carbocycles. The van der Waals surface area contributed by atoms with Gasteiger partial charge in [0.15, 0.2) is 0 Å². The molecule has 0 aliphatic carbocycles. The Kier molecular flexibility index (Phi) is 7.77. The van der Waals surface area contributed by atoms with E-state index in [0.717, 1.165) is 59.1 Å². The van der Waals surface area contributed by atoms with Crippen LogP contribution < -0.4 is 5.73 Å². The van der Waals surface area contributed by atoms with Crippen LogP contribution in [0, 0.1) is 0 Å². The molecule has 108 valence electrons. The van der Waals surface area contributed by atoms with E-state index in [4.69, 9.17) is 19.9 Å². The van der Waals surface area contributed by atoms with Gasteiger partial charge in [-0.2, -0.15) is 0 Å². The maximum absolute atomic E-state index is 6.32. The summed E-state index contributed by atoms with van der Waals surface area (Å²) in [6.07, 6.45) is 0.937. The summed E-state index contributed by atoms with van der Waals surface area (Å²) in [5, 5.41) is 0. The first kappa shape index (κ1) is 15.9. The lowest BCUT2D eigenvalue weighted by molar-refractivity contribution is 0.0693. The molecule has 1 fully saturated rings. The van der Waals surface area contributed by atoms with Crippen LogP contribution in [-0.2, 0) is 14.2 Å². The Morgan fingerprint density at radius 1 is 1.17 bits per heavy atom. The highest BCUT2D eigenvalue weighted by molar-refractivity contribution is 4.91. The molecule has 1 saturated heterocycles. The third kappa shape index (κ3) is 6.11. The van der Waals surface area contributed by atoms with E-state index in [0.29, 0.717) is 6.61 Å². The first-order valence-electron chi connectivity index (χ1n) is 6.94. The Hall–Kier alpha value is -0.200. The minimum absolute atomic E-state index is 0.196. The minimum Gasteiger partial charge on any atom is -0.380 e. The van der Waals surface area contributed by atoms with Gasteiger partial charge in [0.25, 0.3) is 0 Å². The van der Waals surface area contributed by atoms with Crippen molar-refractivity contribution in [1.82, 2.24) is 4.90 Å². The van der Waals surface area contributed by atoms with Crippen LogP contribution in [0.25, 0.3) is 0 Å². The smallest absolute Gasteiger partial charge is 0.0659 e. The maximum Gasteiger partial charge on any atom is 0.0659 e. The summed E-state index contributed by atoms with van der Waals surface area (Å²) in [6.45, 7) is 11.1. The Balaban J connectivity index is 2.32. The molecule has 0 amide bonds. The normalized spacial score (nSPS) is 24.0. The first-order chi connectivity index (χ1) is 8.70. The van der Waals surface area contributed by atoms with Crippen LogP contribution in [0.1, 0.15) is 20.3 Å². The molecule has 1 atom stereocenters. The summed E-state index contributed by atoms with van der Waals surface area (Å²) >= 11 is 0. The number of hydrogen-bond acceptors (Lipinski definition) is 5. The third-order valence-electron chi connectivity index (χ3n) is 3.18. The van der Waals surface area contributed by atoms with Crippen LogP contribution >= 0.6 is 0 Å². The Bertz CT molecular complexity index is 198. The van der Waals surface area contributed by atoms with Gasteiger partial charge in [-0.05, 0) is 20.3 Å². The fourth-order valence-corrected chi connectivity index (χ4v) is 2.14. The molecule has 5 nitrogen and oxygen atoms in total. The van der Waals surface area contributed by atoms with Gasteiger partial charge in [-0.25, -0.2) is 0 Å². The highest BCUT2D eigenvalue weighted by Crippen LogP contribution is 2.16. The Morgan fingerprint density at radius 3 is 2.22 bits per heavy atom. The standard InChI is InChI=1S/C13H28N2O3/c1-3-16-9-6-15(7-10-17-4-2)11-13(14)5-8-18-12-13/h3-12,14H2,1-2H3. The first-order valence-corrected chi connectivity index (χ1v) is 6.94. The monoisotopic (exact) mass is 260 g/mol. The van der Waals surface area contributed by atoms with Crippen molar-refractivity contribution in [3.63, 3.8) is 0 Å². The predicted molar refractivity (Wildman–Crippen MR) is 71.8 cm³/mol. The topological polar surface area (TPSA) is 57.0 Å². The molecule has 0 aromatic rings. The molecule has 1 aliphatic rings. The van der Waals surface area contributed by atoms with E-state index in [1.165, 1.54) is 0 Å². The van der Waals surface area contributed by atoms with Gasteiger partial charge < -0.3 is 19.9 Å². The van der Waals surface area contributed by atoms with Gasteiger partial charge in [0.2, 0.25) is 0 Å². The van der Waals surface area contributed by atoms with Crippen LogP contribution in [0.4, 0.5) is 0 Å². The van der Waals surface area contributed by atoms with Crippen molar-refractivity contribution in [3.8, 4) is 0 Å². The summed E-state index contributed by atoms with van der Waals surface area (Å²) in [4.78, 5) is 2.32. The van der Waals surface area contributed by atoms with E-state index in [1.807, 2.05) is 13.8 Å². The SMILES string of the molecule is CCOCCN(CCOCC)CC1(N)CCOC1. The molecule has 18 heavy (non-hydrogen) atoms. The lowest BCUT2D eigenvalue weighted by atomic mass is 9.99. The number of ether oxygens (including phenoxy) is 3. The number of hydrogen-bond donors (Lipinski definition) is 1. The zero-order chi connectivity index (χ0) is 13.3. The fourth-order valence-electron chi connectivity index (χ4n) is 2.14. The van der Waals surface area contributed by atoms with Gasteiger partial charge in [0.1, 0.15) is 0 Å². The molecule has 1 rings (SSSR count). The van der Waals surface area contributed by atoms with E-state index in [1.54, 1.807) is 0 Å². The van der Waals surface area contributed by atoms with Gasteiger partial charge in [-0.3, -0.25) is 4.90 Å². The van der Waals surface area contributed by atoms with E-state index in [2.05, 4.69) is 4.90 Å². The van der Waals surface area contributed by atoms with Gasteiger partial charge in [-0.1, -0.05) is 0 Å². The molecule has 5 heteroatoms. The van der Waals surface area contributed by atoms with E-state index in [-0.39, 0.29) is 5.54 Å². The summed E-state index contributed by atoms with van der Waals surface area (Å²) in [5.74, 6) is 0. The third-order valence-corrected chi connectivity index (χ3v) is 3.18. The minimum atomic E-state index is -0.196. The van der Waals surface area contributed by atoms with Crippen molar-refractivity contribution < 1.29 is 14.2 Å². The van der Waals surface area contributed by atoms with Crippen molar-refractivity contribution in [2.75, 3.05) is 59.3 Å². The van der Waals surface area contributed by atoms with E-state index in [9.17, 15) is 0 Å². The second-order valence-corrected chi connectivity index (χ2v) is 4.83. The zero-order valence-corrected chi connectivity index (χ0v) is 11.8. The maximum atomic E-state index is 6.32. The molecular weight excluding hydrogens is 232 g/mol. The lowest BCUT2D eigenvalue weighted by Gasteiger charge is -2.31. The Morgan fingerprint density at radius 2 is 1.78 bits per heavy atom. The van der Waals surface area contributed by atoms with Crippen molar-refractivity contribution in [2.24, 2.45) is 5.73 Å². The van der Waals surface area contributed by atoms with Gasteiger partial charge in [0.05, 0.1) is 25.4 Å². The lowest BCUT2D eigenvalue weighted by Crippen LogP contribution is -2.52.